The molecular weight excluding hydrogens is 204 g/mol. The summed E-state index contributed by atoms with van der Waals surface area (Å²) in [4.78, 5) is 11.3. The maximum absolute atomic E-state index is 11.3. The molecule has 0 saturated carbocycles. The molecule has 0 unspecified atom stereocenters. The first-order valence-corrected chi connectivity index (χ1v) is 4.32. The Morgan fingerprint density at radius 2 is 2.07 bits per heavy atom. The van der Waals surface area contributed by atoms with Gasteiger partial charge >= 0.3 is 0 Å². The van der Waals surface area contributed by atoms with Gasteiger partial charge in [-0.15, -0.1) is 0 Å². The van der Waals surface area contributed by atoms with E-state index >= 15 is 0 Å². The third-order valence-corrected chi connectivity index (χ3v) is 2.11. The summed E-state index contributed by atoms with van der Waals surface area (Å²) in [5, 5.41) is 14.5. The molecule has 1 aromatic heterocycles. The van der Waals surface area contributed by atoms with Crippen LogP contribution in [0.25, 0.3) is 11.1 Å². The highest BCUT2D eigenvalue weighted by Gasteiger charge is 2.10. The van der Waals surface area contributed by atoms with Gasteiger partial charge in [0.25, 0.3) is 5.56 Å². The van der Waals surface area contributed by atoms with E-state index in [2.05, 4.69) is 10.2 Å². The monoisotopic (exact) mass is 210 g/mol. The first-order chi connectivity index (χ1) is 6.68. The van der Waals surface area contributed by atoms with E-state index in [1.807, 2.05) is 0 Å². The van der Waals surface area contributed by atoms with Gasteiger partial charge in [-0.1, -0.05) is 23.7 Å². The number of benzene rings is 1. The molecule has 0 amide bonds. The molecule has 4 nitrogen and oxygen atoms in total. The Hall–Kier alpha value is -1.68. The fourth-order valence-corrected chi connectivity index (χ4v) is 1.45. The van der Waals surface area contributed by atoms with Crippen LogP contribution in [0.2, 0.25) is 5.02 Å². The predicted molar refractivity (Wildman–Crippen MR) is 53.5 cm³/mol. The fourth-order valence-electron chi connectivity index (χ4n) is 1.26. The van der Waals surface area contributed by atoms with Crippen molar-refractivity contribution >= 4 is 11.6 Å². The summed E-state index contributed by atoms with van der Waals surface area (Å²) >= 11 is 5.76. The number of rotatable bonds is 1. The zero-order valence-electron chi connectivity index (χ0n) is 7.04. The Kier molecular flexibility index (Phi) is 2.05. The van der Waals surface area contributed by atoms with Gasteiger partial charge in [-0.3, -0.25) is 15.0 Å². The fraction of sp³-hybridized carbons (Fsp3) is 0. The Morgan fingerprint density at radius 3 is 2.64 bits per heavy atom. The average molecular weight is 211 g/mol. The lowest BCUT2D eigenvalue weighted by Gasteiger charge is -1.97. The van der Waals surface area contributed by atoms with Crippen molar-refractivity contribution in [1.29, 1.82) is 0 Å². The van der Waals surface area contributed by atoms with Gasteiger partial charge in [0.1, 0.15) is 5.56 Å². The third-order valence-electron chi connectivity index (χ3n) is 1.87. The number of nitrogens with one attached hydrogen (secondary N) is 2. The van der Waals surface area contributed by atoms with Gasteiger partial charge in [-0.2, -0.15) is 0 Å². The lowest BCUT2D eigenvalue weighted by atomic mass is 10.1. The number of hydrogen-bond acceptors (Lipinski definition) is 2. The van der Waals surface area contributed by atoms with Crippen molar-refractivity contribution in [2.75, 3.05) is 0 Å². The maximum atomic E-state index is 11.3. The minimum Gasteiger partial charge on any atom is -0.493 e. The van der Waals surface area contributed by atoms with Crippen LogP contribution in [0.4, 0.5) is 0 Å². The molecule has 0 aliphatic heterocycles. The van der Waals surface area contributed by atoms with Crippen LogP contribution in [0.5, 0.6) is 5.88 Å². The van der Waals surface area contributed by atoms with E-state index in [0.717, 1.165) is 0 Å². The minimum atomic E-state index is -0.371. The molecule has 5 heteroatoms. The molecule has 2 rings (SSSR count). The van der Waals surface area contributed by atoms with E-state index in [0.29, 0.717) is 10.6 Å². The molecular formula is C9H7ClN2O2. The molecule has 0 atom stereocenters. The Morgan fingerprint density at radius 1 is 1.29 bits per heavy atom. The molecule has 2 aromatic rings. The van der Waals surface area contributed by atoms with E-state index in [1.165, 1.54) is 0 Å². The molecule has 72 valence electrons. The highest BCUT2D eigenvalue weighted by molar-refractivity contribution is 6.30. The number of aromatic nitrogens is 2. The lowest BCUT2D eigenvalue weighted by molar-refractivity contribution is 0.454. The topological polar surface area (TPSA) is 68.9 Å². The molecule has 0 spiro atoms. The van der Waals surface area contributed by atoms with Crippen molar-refractivity contribution in [2.45, 2.75) is 0 Å². The molecule has 0 radical (unpaired) electrons. The van der Waals surface area contributed by atoms with Gasteiger partial charge in [-0.25, -0.2) is 0 Å². The molecule has 0 fully saturated rings. The quantitative estimate of drug-likeness (QED) is 0.671. The summed E-state index contributed by atoms with van der Waals surface area (Å²) in [6.07, 6.45) is 0. The molecule has 3 N–H and O–H groups in total. The highest BCUT2D eigenvalue weighted by atomic mass is 35.5. The SMILES string of the molecule is O=c1[nH][nH]c(O)c1-c1cccc(Cl)c1. The van der Waals surface area contributed by atoms with Crippen LogP contribution in [-0.2, 0) is 0 Å². The zero-order valence-corrected chi connectivity index (χ0v) is 7.80. The van der Waals surface area contributed by atoms with E-state index in [1.54, 1.807) is 24.3 Å². The van der Waals surface area contributed by atoms with Crippen molar-refractivity contribution in [3.63, 3.8) is 0 Å². The number of aromatic hydroxyl groups is 1. The summed E-state index contributed by atoms with van der Waals surface area (Å²) in [6.45, 7) is 0. The van der Waals surface area contributed by atoms with Crippen LogP contribution < -0.4 is 5.56 Å². The molecule has 0 bridgehead atoms. The van der Waals surface area contributed by atoms with Gasteiger partial charge in [-0.05, 0) is 17.7 Å². The summed E-state index contributed by atoms with van der Waals surface area (Å²) in [5.41, 5.74) is 0.412. The van der Waals surface area contributed by atoms with Crippen LogP contribution in [-0.4, -0.2) is 15.3 Å². The van der Waals surface area contributed by atoms with Gasteiger partial charge < -0.3 is 5.11 Å². The summed E-state index contributed by atoms with van der Waals surface area (Å²) in [6, 6.07) is 6.72. The molecule has 1 heterocycles. The van der Waals surface area contributed by atoms with E-state index in [9.17, 15) is 9.90 Å². The maximum Gasteiger partial charge on any atom is 0.275 e. The molecule has 0 aliphatic carbocycles. The van der Waals surface area contributed by atoms with Gasteiger partial charge in [0.2, 0.25) is 5.88 Å². The van der Waals surface area contributed by atoms with Crippen LogP contribution in [0.1, 0.15) is 0 Å². The highest BCUT2D eigenvalue weighted by Crippen LogP contribution is 2.25. The van der Waals surface area contributed by atoms with Gasteiger partial charge in [0.15, 0.2) is 0 Å². The van der Waals surface area contributed by atoms with E-state index in [-0.39, 0.29) is 17.0 Å². The summed E-state index contributed by atoms with van der Waals surface area (Å²) in [7, 11) is 0. The van der Waals surface area contributed by atoms with Gasteiger partial charge in [0, 0.05) is 5.02 Å². The molecule has 1 aromatic carbocycles. The van der Waals surface area contributed by atoms with E-state index in [4.69, 9.17) is 11.6 Å². The molecule has 0 aliphatic rings. The van der Waals surface area contributed by atoms with Crippen molar-refractivity contribution in [3.05, 3.63) is 39.6 Å². The Labute approximate surface area is 84.1 Å². The lowest BCUT2D eigenvalue weighted by Crippen LogP contribution is -2.01. The number of hydrogen-bond donors (Lipinski definition) is 3. The Balaban J connectivity index is 2.66. The van der Waals surface area contributed by atoms with Crippen LogP contribution in [0.15, 0.2) is 29.1 Å². The second-order valence-electron chi connectivity index (χ2n) is 2.81. The van der Waals surface area contributed by atoms with Crippen molar-refractivity contribution < 1.29 is 5.11 Å². The Bertz CT molecular complexity index is 516. The summed E-state index contributed by atoms with van der Waals surface area (Å²) < 4.78 is 0. The molecule has 14 heavy (non-hydrogen) atoms. The largest absolute Gasteiger partial charge is 0.493 e. The smallest absolute Gasteiger partial charge is 0.275 e. The summed E-state index contributed by atoms with van der Waals surface area (Å²) in [5.74, 6) is -0.183. The first-order valence-electron chi connectivity index (χ1n) is 3.94. The normalized spacial score (nSPS) is 10.4. The van der Waals surface area contributed by atoms with Crippen LogP contribution in [0, 0.1) is 0 Å². The minimum absolute atomic E-state index is 0.183. The van der Waals surface area contributed by atoms with Crippen molar-refractivity contribution in [2.24, 2.45) is 0 Å². The van der Waals surface area contributed by atoms with Crippen molar-refractivity contribution in [1.82, 2.24) is 10.2 Å². The number of H-pyrrole nitrogens is 2. The first kappa shape index (κ1) is 8.90. The zero-order chi connectivity index (χ0) is 10.1. The second kappa shape index (κ2) is 3.23. The third kappa shape index (κ3) is 1.40. The standard InChI is InChI=1S/C9H7ClN2O2/c10-6-3-1-2-5(4-6)7-8(13)11-12-9(7)14/h1-4H,(H3,11,12,13,14). The average Bonchev–Trinajstić information content (AvgIpc) is 2.46. The van der Waals surface area contributed by atoms with Crippen molar-refractivity contribution in [3.8, 4) is 17.0 Å². The van der Waals surface area contributed by atoms with Crippen LogP contribution in [0.3, 0.4) is 0 Å². The second-order valence-corrected chi connectivity index (χ2v) is 3.25. The molecule has 0 saturated heterocycles. The predicted octanol–water partition coefficient (Wildman–Crippen LogP) is 1.73. The van der Waals surface area contributed by atoms with Gasteiger partial charge in [0.05, 0.1) is 0 Å². The van der Waals surface area contributed by atoms with Crippen LogP contribution >= 0.6 is 11.6 Å². The number of aromatic amines is 2. The number of halogens is 1. The van der Waals surface area contributed by atoms with E-state index < -0.39 is 0 Å².